The highest BCUT2D eigenvalue weighted by atomic mass is 35.5. The van der Waals surface area contributed by atoms with Gasteiger partial charge in [-0.15, -0.1) is 0 Å². The van der Waals surface area contributed by atoms with Crippen LogP contribution in [0.2, 0.25) is 5.02 Å². The fourth-order valence-corrected chi connectivity index (χ4v) is 4.94. The van der Waals surface area contributed by atoms with E-state index in [9.17, 15) is 23.1 Å². The lowest BCUT2D eigenvalue weighted by atomic mass is 9.99. The van der Waals surface area contributed by atoms with Gasteiger partial charge in [0.25, 0.3) is 0 Å². The van der Waals surface area contributed by atoms with Gasteiger partial charge in [-0.2, -0.15) is 10.2 Å². The van der Waals surface area contributed by atoms with Crippen LogP contribution in [0.3, 0.4) is 0 Å². The van der Waals surface area contributed by atoms with Crippen molar-refractivity contribution < 1.29 is 27.9 Å². The Morgan fingerprint density at radius 3 is 2.49 bits per heavy atom. The van der Waals surface area contributed by atoms with Crippen LogP contribution in [0.5, 0.6) is 5.88 Å². The second kappa shape index (κ2) is 10.1. The molecule has 10 nitrogen and oxygen atoms in total. The molecule has 3 aromatic rings. The van der Waals surface area contributed by atoms with E-state index in [1.165, 1.54) is 47.0 Å². The molecule has 2 aromatic heterocycles. The maximum atomic E-state index is 13.4. The summed E-state index contributed by atoms with van der Waals surface area (Å²) in [4.78, 5) is 26.1. The minimum Gasteiger partial charge on any atom is -0.403 e. The number of allylic oxidation sites excluding steroid dienone is 1. The first-order valence-electron chi connectivity index (χ1n) is 10.5. The number of sulfone groups is 1. The summed E-state index contributed by atoms with van der Waals surface area (Å²) in [6, 6.07) is 2.56. The first-order chi connectivity index (χ1) is 16.3. The summed E-state index contributed by atoms with van der Waals surface area (Å²) < 4.78 is 32.8. The van der Waals surface area contributed by atoms with Gasteiger partial charge in [-0.05, 0) is 31.5 Å². The van der Waals surface area contributed by atoms with E-state index in [2.05, 4.69) is 10.2 Å². The van der Waals surface area contributed by atoms with Crippen molar-refractivity contribution in [1.29, 1.82) is 0 Å². The molecule has 1 aromatic carbocycles. The van der Waals surface area contributed by atoms with E-state index in [0.717, 1.165) is 6.26 Å². The van der Waals surface area contributed by atoms with Crippen LogP contribution in [0.4, 0.5) is 0 Å². The number of aryl methyl sites for hydroxylation is 3. The number of hydrogen-bond acceptors (Lipinski definition) is 8. The second-order valence-electron chi connectivity index (χ2n) is 7.98. The monoisotopic (exact) mass is 520 g/mol. The molecule has 0 saturated carbocycles. The number of aliphatic hydroxyl groups is 1. The van der Waals surface area contributed by atoms with Crippen molar-refractivity contribution in [3.8, 4) is 5.88 Å². The molecule has 0 radical (unpaired) electrons. The topological polar surface area (TPSA) is 133 Å². The third kappa shape index (κ3) is 5.53. The van der Waals surface area contributed by atoms with Crippen molar-refractivity contribution in [2.75, 3.05) is 6.26 Å². The fraction of sp³-hybridized carbons (Fsp3) is 0.304. The number of aliphatic hydroxyl groups excluding tert-OH is 1. The standard InChI is InChI=1S/C23H25ClN4O6S/c1-6-7-14(29)10-16-19(35(5,32)33)9-8-15(20(16)24)21(30)17-11-25-28(4)22(17)34-23(31)18-12-27(3)26-13(18)2/h6-9,11-12,14,29H,10H2,1-5H3. The molecule has 0 aliphatic heterocycles. The van der Waals surface area contributed by atoms with Crippen LogP contribution in [0.25, 0.3) is 0 Å². The van der Waals surface area contributed by atoms with Gasteiger partial charge >= 0.3 is 5.97 Å². The molecular formula is C23H25ClN4O6S. The van der Waals surface area contributed by atoms with Gasteiger partial charge in [-0.1, -0.05) is 23.8 Å². The van der Waals surface area contributed by atoms with E-state index in [0.29, 0.717) is 5.69 Å². The Morgan fingerprint density at radius 1 is 1.23 bits per heavy atom. The smallest absolute Gasteiger partial charge is 0.348 e. The highest BCUT2D eigenvalue weighted by Crippen LogP contribution is 2.32. The van der Waals surface area contributed by atoms with Crippen LogP contribution in [-0.2, 0) is 30.4 Å². The number of benzene rings is 1. The molecule has 0 aliphatic carbocycles. The number of nitrogens with zero attached hydrogens (tertiary/aromatic N) is 4. The molecule has 0 amide bonds. The SMILES string of the molecule is CC=CC(O)Cc1c(S(C)(=O)=O)ccc(C(=O)c2cnn(C)c2OC(=O)c2cn(C)nc2C)c1Cl. The third-order valence-electron chi connectivity index (χ3n) is 5.22. The summed E-state index contributed by atoms with van der Waals surface area (Å²) in [5, 5.41) is 18.3. The maximum Gasteiger partial charge on any atom is 0.348 e. The summed E-state index contributed by atoms with van der Waals surface area (Å²) in [6.45, 7) is 3.36. The third-order valence-corrected chi connectivity index (χ3v) is 6.84. The van der Waals surface area contributed by atoms with Gasteiger partial charge in [-0.25, -0.2) is 17.9 Å². The number of ketones is 1. The summed E-state index contributed by atoms with van der Waals surface area (Å²) in [5.41, 5.74) is 0.721. The van der Waals surface area contributed by atoms with Crippen LogP contribution in [0.15, 0.2) is 41.6 Å². The molecule has 0 aliphatic rings. The van der Waals surface area contributed by atoms with Crippen molar-refractivity contribution in [1.82, 2.24) is 19.6 Å². The number of esters is 1. The Morgan fingerprint density at radius 2 is 1.91 bits per heavy atom. The largest absolute Gasteiger partial charge is 0.403 e. The normalized spacial score (nSPS) is 12.8. The summed E-state index contributed by atoms with van der Waals surface area (Å²) in [7, 11) is -0.536. The minimum absolute atomic E-state index is 0.0235. The summed E-state index contributed by atoms with van der Waals surface area (Å²) in [5.74, 6) is -1.46. The summed E-state index contributed by atoms with van der Waals surface area (Å²) >= 11 is 6.53. The number of aromatic nitrogens is 4. The molecule has 0 fully saturated rings. The summed E-state index contributed by atoms with van der Waals surface area (Å²) in [6.07, 6.45) is 5.71. The first-order valence-corrected chi connectivity index (χ1v) is 12.7. The Balaban J connectivity index is 2.05. The van der Waals surface area contributed by atoms with Gasteiger partial charge in [0, 0.05) is 38.5 Å². The lowest BCUT2D eigenvalue weighted by Gasteiger charge is -2.15. The predicted molar refractivity (Wildman–Crippen MR) is 129 cm³/mol. The lowest BCUT2D eigenvalue weighted by Crippen LogP contribution is -2.16. The van der Waals surface area contributed by atoms with Gasteiger partial charge in [0.05, 0.1) is 27.9 Å². The van der Waals surface area contributed by atoms with E-state index in [1.807, 2.05) is 0 Å². The van der Waals surface area contributed by atoms with Gasteiger partial charge in [-0.3, -0.25) is 9.48 Å². The Bertz CT molecular complexity index is 1440. The van der Waals surface area contributed by atoms with Gasteiger partial charge in [0.2, 0.25) is 11.7 Å². The van der Waals surface area contributed by atoms with Crippen LogP contribution in [0, 0.1) is 6.92 Å². The molecule has 1 N–H and O–H groups in total. The van der Waals surface area contributed by atoms with Crippen molar-refractivity contribution >= 4 is 33.2 Å². The zero-order chi connectivity index (χ0) is 26.1. The molecule has 1 unspecified atom stereocenters. The Labute approximate surface area is 207 Å². The molecule has 12 heteroatoms. The zero-order valence-corrected chi connectivity index (χ0v) is 21.4. The van der Waals surface area contributed by atoms with Crippen molar-refractivity contribution in [3.63, 3.8) is 0 Å². The van der Waals surface area contributed by atoms with Crippen molar-refractivity contribution in [2.45, 2.75) is 31.3 Å². The zero-order valence-electron chi connectivity index (χ0n) is 19.8. The Hall–Kier alpha value is -3.28. The molecule has 1 atom stereocenters. The molecule has 0 bridgehead atoms. The van der Waals surface area contributed by atoms with Crippen molar-refractivity contribution in [3.05, 3.63) is 69.6 Å². The lowest BCUT2D eigenvalue weighted by molar-refractivity contribution is 0.0717. The van der Waals surface area contributed by atoms with Crippen molar-refractivity contribution in [2.24, 2.45) is 14.1 Å². The molecule has 0 spiro atoms. The molecule has 2 heterocycles. The number of ether oxygens (including phenoxy) is 1. The maximum absolute atomic E-state index is 13.4. The van der Waals surface area contributed by atoms with Gasteiger partial charge in [0.1, 0.15) is 11.1 Å². The highest BCUT2D eigenvalue weighted by molar-refractivity contribution is 7.90. The average molecular weight is 521 g/mol. The number of halogens is 1. The van der Waals surface area contributed by atoms with Crippen LogP contribution < -0.4 is 4.74 Å². The number of carbonyl (C=O) groups is 2. The van der Waals surface area contributed by atoms with E-state index in [4.69, 9.17) is 16.3 Å². The molecule has 186 valence electrons. The van der Waals surface area contributed by atoms with Gasteiger partial charge in [0.15, 0.2) is 9.84 Å². The van der Waals surface area contributed by atoms with Crippen LogP contribution in [-0.4, -0.2) is 57.2 Å². The van der Waals surface area contributed by atoms with E-state index < -0.39 is 27.7 Å². The molecular weight excluding hydrogens is 496 g/mol. The quantitative estimate of drug-likeness (QED) is 0.272. The van der Waals surface area contributed by atoms with E-state index in [1.54, 1.807) is 27.0 Å². The predicted octanol–water partition coefficient (Wildman–Crippen LogP) is 2.45. The molecule has 3 rings (SSSR count). The second-order valence-corrected chi connectivity index (χ2v) is 10.3. The fourth-order valence-electron chi connectivity index (χ4n) is 3.61. The van der Waals surface area contributed by atoms with Crippen LogP contribution in [0.1, 0.15) is 44.5 Å². The Kier molecular flexibility index (Phi) is 7.63. The van der Waals surface area contributed by atoms with Crippen LogP contribution >= 0.6 is 11.6 Å². The number of hydrogen-bond donors (Lipinski definition) is 1. The minimum atomic E-state index is -3.70. The number of rotatable bonds is 8. The first kappa shape index (κ1) is 26.3. The van der Waals surface area contributed by atoms with Gasteiger partial charge < -0.3 is 9.84 Å². The number of carbonyl (C=O) groups excluding carboxylic acids is 2. The highest BCUT2D eigenvalue weighted by Gasteiger charge is 2.28. The average Bonchev–Trinajstić information content (AvgIpc) is 3.29. The van der Waals surface area contributed by atoms with E-state index in [-0.39, 0.29) is 44.5 Å². The molecule has 35 heavy (non-hydrogen) atoms. The van der Waals surface area contributed by atoms with E-state index >= 15 is 0 Å². The molecule has 0 saturated heterocycles.